The molecule has 1 aliphatic heterocycles. The molecule has 0 fully saturated rings. The molecule has 2 aromatic carbocycles. The molecule has 2 aromatic rings. The fraction of sp³-hybridized carbons (Fsp3) is 0.500. The van der Waals surface area contributed by atoms with Crippen molar-refractivity contribution in [3.8, 4) is 11.5 Å². The van der Waals surface area contributed by atoms with E-state index in [0.29, 0.717) is 41.6 Å². The molecule has 37 heavy (non-hydrogen) atoms. The molecule has 202 valence electrons. The van der Waals surface area contributed by atoms with Gasteiger partial charge in [0.2, 0.25) is 0 Å². The first-order valence-corrected chi connectivity index (χ1v) is 12.8. The lowest BCUT2D eigenvalue weighted by Gasteiger charge is -2.35. The van der Waals surface area contributed by atoms with Gasteiger partial charge in [0.1, 0.15) is 18.1 Å². The number of likely N-dealkylation sites (N-methyl/N-ethyl adjacent to an activating group) is 1. The molecule has 3 amide bonds. The van der Waals surface area contributed by atoms with Crippen LogP contribution in [0.15, 0.2) is 42.5 Å². The highest BCUT2D eigenvalue weighted by molar-refractivity contribution is 6.01. The van der Waals surface area contributed by atoms with Crippen LogP contribution in [0.2, 0.25) is 0 Å². The molecular formula is C28H40N4O5. The van der Waals surface area contributed by atoms with Gasteiger partial charge in [0.25, 0.3) is 5.91 Å². The summed E-state index contributed by atoms with van der Waals surface area (Å²) >= 11 is 0. The zero-order chi connectivity index (χ0) is 26.9. The molecule has 0 saturated carbocycles. The molecule has 0 bridgehead atoms. The summed E-state index contributed by atoms with van der Waals surface area (Å²) in [5.41, 5.74) is 1.56. The Hall–Kier alpha value is -3.30. The summed E-state index contributed by atoms with van der Waals surface area (Å²) in [5.74, 6) is 1.16. The van der Waals surface area contributed by atoms with E-state index in [9.17, 15) is 9.59 Å². The zero-order valence-electron chi connectivity index (χ0n) is 22.7. The van der Waals surface area contributed by atoms with Gasteiger partial charge in [-0.15, -0.1) is 0 Å². The quantitative estimate of drug-likeness (QED) is 0.590. The maximum absolute atomic E-state index is 13.4. The summed E-state index contributed by atoms with van der Waals surface area (Å²) in [6.45, 7) is 9.13. The summed E-state index contributed by atoms with van der Waals surface area (Å²) in [7, 11) is 5.05. The Morgan fingerprint density at radius 1 is 1.08 bits per heavy atom. The Kier molecular flexibility index (Phi) is 10.2. The van der Waals surface area contributed by atoms with Crippen LogP contribution in [0.25, 0.3) is 0 Å². The molecule has 0 unspecified atom stereocenters. The van der Waals surface area contributed by atoms with Crippen LogP contribution in [0, 0.1) is 5.92 Å². The van der Waals surface area contributed by atoms with Crippen molar-refractivity contribution in [1.29, 1.82) is 0 Å². The summed E-state index contributed by atoms with van der Waals surface area (Å²) in [6, 6.07) is 11.9. The van der Waals surface area contributed by atoms with Crippen molar-refractivity contribution in [2.75, 3.05) is 58.1 Å². The Labute approximate surface area is 220 Å². The van der Waals surface area contributed by atoms with Crippen molar-refractivity contribution >= 4 is 23.3 Å². The van der Waals surface area contributed by atoms with Crippen LogP contribution in [-0.2, 0) is 4.74 Å². The number of hydrogen-bond donors (Lipinski definition) is 2. The highest BCUT2D eigenvalue weighted by atomic mass is 16.5. The maximum atomic E-state index is 13.4. The molecule has 9 heteroatoms. The van der Waals surface area contributed by atoms with Crippen LogP contribution < -0.4 is 20.1 Å². The largest absolute Gasteiger partial charge is 0.497 e. The Bertz CT molecular complexity index is 1060. The number of nitrogens with zero attached hydrogens (tertiary/aromatic N) is 2. The van der Waals surface area contributed by atoms with E-state index in [1.807, 2.05) is 0 Å². The molecule has 3 atom stereocenters. The average molecular weight is 513 g/mol. The van der Waals surface area contributed by atoms with Crippen LogP contribution in [0.3, 0.4) is 0 Å². The fourth-order valence-corrected chi connectivity index (χ4v) is 4.52. The van der Waals surface area contributed by atoms with Crippen LogP contribution in [0.1, 0.15) is 37.6 Å². The molecule has 9 nitrogen and oxygen atoms in total. The minimum atomic E-state index is -0.413. The number of ether oxygens (including phenoxy) is 3. The van der Waals surface area contributed by atoms with E-state index in [2.05, 4.69) is 36.3 Å². The number of fused-ring (bicyclic) bond motifs is 1. The third kappa shape index (κ3) is 7.60. The molecule has 2 N–H and O–H groups in total. The lowest BCUT2D eigenvalue weighted by Crippen LogP contribution is -2.46. The Morgan fingerprint density at radius 3 is 2.49 bits per heavy atom. The molecule has 0 saturated heterocycles. The first-order chi connectivity index (χ1) is 17.7. The highest BCUT2D eigenvalue weighted by Crippen LogP contribution is 2.27. The summed E-state index contributed by atoms with van der Waals surface area (Å²) in [6.07, 6.45) is 0.936. The van der Waals surface area contributed by atoms with E-state index in [1.165, 1.54) is 0 Å². The number of nitrogens with one attached hydrogen (secondary N) is 2. The van der Waals surface area contributed by atoms with Gasteiger partial charge in [-0.05, 0) is 50.1 Å². The van der Waals surface area contributed by atoms with Crippen LogP contribution >= 0.6 is 0 Å². The van der Waals surface area contributed by atoms with Gasteiger partial charge < -0.3 is 29.7 Å². The molecule has 0 aromatic heterocycles. The van der Waals surface area contributed by atoms with E-state index in [4.69, 9.17) is 14.2 Å². The van der Waals surface area contributed by atoms with Gasteiger partial charge in [-0.3, -0.25) is 9.69 Å². The first kappa shape index (κ1) is 28.3. The van der Waals surface area contributed by atoms with Gasteiger partial charge in [-0.2, -0.15) is 0 Å². The van der Waals surface area contributed by atoms with E-state index >= 15 is 0 Å². The van der Waals surface area contributed by atoms with Crippen molar-refractivity contribution in [1.82, 2.24) is 9.80 Å². The second kappa shape index (κ2) is 13.3. The van der Waals surface area contributed by atoms with Gasteiger partial charge in [-0.1, -0.05) is 19.9 Å². The number of benzene rings is 2. The number of hydrogen-bond acceptors (Lipinski definition) is 6. The summed E-state index contributed by atoms with van der Waals surface area (Å²) in [5, 5.41) is 5.62. The predicted octanol–water partition coefficient (Wildman–Crippen LogP) is 4.56. The van der Waals surface area contributed by atoms with Gasteiger partial charge in [-0.25, -0.2) is 4.79 Å². The summed E-state index contributed by atoms with van der Waals surface area (Å²) in [4.78, 5) is 30.1. The number of methoxy groups -OCH3 is 2. The van der Waals surface area contributed by atoms with Crippen molar-refractivity contribution in [2.45, 2.75) is 39.3 Å². The van der Waals surface area contributed by atoms with Crippen LogP contribution in [0.4, 0.5) is 16.2 Å². The van der Waals surface area contributed by atoms with Crippen LogP contribution in [0.5, 0.6) is 11.5 Å². The van der Waals surface area contributed by atoms with E-state index in [1.54, 1.807) is 68.6 Å². The van der Waals surface area contributed by atoms with Crippen molar-refractivity contribution in [3.05, 3.63) is 48.0 Å². The van der Waals surface area contributed by atoms with Crippen LogP contribution in [-0.4, -0.2) is 81.4 Å². The first-order valence-electron chi connectivity index (χ1n) is 12.8. The third-order valence-corrected chi connectivity index (χ3v) is 6.67. The van der Waals surface area contributed by atoms with E-state index in [-0.39, 0.29) is 24.0 Å². The van der Waals surface area contributed by atoms with Gasteiger partial charge in [0, 0.05) is 56.8 Å². The number of rotatable bonds is 6. The van der Waals surface area contributed by atoms with Crippen molar-refractivity contribution in [2.24, 2.45) is 5.92 Å². The van der Waals surface area contributed by atoms with Gasteiger partial charge in [0.05, 0.1) is 18.8 Å². The molecule has 0 spiro atoms. The van der Waals surface area contributed by atoms with Gasteiger partial charge in [0.15, 0.2) is 0 Å². The molecule has 0 aliphatic carbocycles. The number of carbonyl (C=O) groups is 2. The second-order valence-electron chi connectivity index (χ2n) is 9.61. The van der Waals surface area contributed by atoms with Gasteiger partial charge >= 0.3 is 6.03 Å². The maximum Gasteiger partial charge on any atom is 0.323 e. The average Bonchev–Trinajstić information content (AvgIpc) is 2.89. The topological polar surface area (TPSA) is 92.4 Å². The van der Waals surface area contributed by atoms with Crippen molar-refractivity contribution in [3.63, 3.8) is 0 Å². The predicted molar refractivity (Wildman–Crippen MR) is 146 cm³/mol. The molecule has 1 aliphatic rings. The molecule has 3 rings (SSSR count). The Morgan fingerprint density at radius 2 is 1.81 bits per heavy atom. The molecule has 0 radical (unpaired) electrons. The smallest absolute Gasteiger partial charge is 0.323 e. The highest BCUT2D eigenvalue weighted by Gasteiger charge is 2.28. The lowest BCUT2D eigenvalue weighted by atomic mass is 10.0. The van der Waals surface area contributed by atoms with E-state index in [0.717, 1.165) is 19.5 Å². The zero-order valence-corrected chi connectivity index (χ0v) is 22.7. The standard InChI is InChI=1S/C28H40N4O5/c1-7-13-32-16-19(2)26(36-6)17-31(4)27(33)24-12-11-22(15-25(24)37-18-20(32)3)30-28(34)29-21-9-8-10-23(14-21)35-5/h8-12,14-15,19-20,26H,7,13,16-18H2,1-6H3,(H2,29,30,34)/t19-,20-,26+/m0/s1. The normalized spacial score (nSPS) is 21.2. The molecule has 1 heterocycles. The third-order valence-electron chi connectivity index (χ3n) is 6.67. The molecular weight excluding hydrogens is 472 g/mol. The monoisotopic (exact) mass is 512 g/mol. The SMILES string of the molecule is CCCN1C[C@H](C)[C@H](OC)CN(C)C(=O)c2ccc(NC(=O)Nc3cccc(OC)c3)cc2OC[C@@H]1C. The summed E-state index contributed by atoms with van der Waals surface area (Å²) < 4.78 is 17.2. The minimum absolute atomic E-state index is 0.0921. The van der Waals surface area contributed by atoms with E-state index < -0.39 is 6.03 Å². The second-order valence-corrected chi connectivity index (χ2v) is 9.61. The fourth-order valence-electron chi connectivity index (χ4n) is 4.52. The minimum Gasteiger partial charge on any atom is -0.497 e. The lowest BCUT2D eigenvalue weighted by molar-refractivity contribution is 0.0108. The van der Waals surface area contributed by atoms with Crippen molar-refractivity contribution < 1.29 is 23.8 Å². The number of carbonyl (C=O) groups excluding carboxylic acids is 2. The number of anilines is 2. The number of urea groups is 1. The number of amides is 3. The Balaban J connectivity index is 1.84.